The molecule has 0 bridgehead atoms. The Balaban J connectivity index is 2.14. The van der Waals surface area contributed by atoms with Crippen LogP contribution in [0.3, 0.4) is 0 Å². The highest BCUT2D eigenvalue weighted by molar-refractivity contribution is 7.92. The first kappa shape index (κ1) is 15.6. The van der Waals surface area contributed by atoms with Crippen LogP contribution in [0.15, 0.2) is 59.5 Å². The number of hydrogen-bond acceptors (Lipinski definition) is 2. The summed E-state index contributed by atoms with van der Waals surface area (Å²) in [7, 11) is -1.68. The third-order valence-electron chi connectivity index (χ3n) is 4.08. The van der Waals surface area contributed by atoms with E-state index in [0.29, 0.717) is 17.3 Å². The molecule has 0 spiro atoms. The number of fused-ring (bicyclic) bond motifs is 1. The Bertz CT molecular complexity index is 941. The van der Waals surface area contributed by atoms with Crippen molar-refractivity contribution in [3.8, 4) is 0 Å². The highest BCUT2D eigenvalue weighted by Gasteiger charge is 2.26. The van der Waals surface area contributed by atoms with Crippen molar-refractivity contribution in [3.63, 3.8) is 0 Å². The zero-order valence-electron chi connectivity index (χ0n) is 13.5. The molecule has 1 aromatic heterocycles. The minimum atomic E-state index is -3.58. The smallest absolute Gasteiger partial charge is 0.265 e. The van der Waals surface area contributed by atoms with E-state index >= 15 is 0 Å². The van der Waals surface area contributed by atoms with E-state index in [1.54, 1.807) is 12.1 Å². The second kappa shape index (κ2) is 5.74. The number of anilines is 1. The van der Waals surface area contributed by atoms with Gasteiger partial charge in [-0.25, -0.2) is 8.42 Å². The van der Waals surface area contributed by atoms with Gasteiger partial charge in [-0.2, -0.15) is 0 Å². The molecule has 0 radical (unpaired) electrons. The number of nitrogens with zero attached hydrogens (tertiary/aromatic N) is 2. The SMILES string of the molecule is CCN(c1cc2ccccc2n1C)S(=O)(=O)c1ccc(C)cc1. The van der Waals surface area contributed by atoms with Gasteiger partial charge in [0.15, 0.2) is 0 Å². The lowest BCUT2D eigenvalue weighted by molar-refractivity contribution is 0.590. The summed E-state index contributed by atoms with van der Waals surface area (Å²) in [6, 6.07) is 16.8. The lowest BCUT2D eigenvalue weighted by Gasteiger charge is -2.23. The maximum Gasteiger partial charge on any atom is 0.265 e. The Morgan fingerprint density at radius 2 is 1.70 bits per heavy atom. The third kappa shape index (κ3) is 2.61. The number of para-hydroxylation sites is 1. The van der Waals surface area contributed by atoms with Crippen molar-refractivity contribution < 1.29 is 8.42 Å². The van der Waals surface area contributed by atoms with Crippen LogP contribution in [0.4, 0.5) is 5.82 Å². The van der Waals surface area contributed by atoms with Gasteiger partial charge in [-0.15, -0.1) is 0 Å². The summed E-state index contributed by atoms with van der Waals surface area (Å²) < 4.78 is 29.4. The summed E-state index contributed by atoms with van der Waals surface area (Å²) >= 11 is 0. The molecule has 0 aliphatic rings. The van der Waals surface area contributed by atoms with Gasteiger partial charge in [-0.05, 0) is 38.1 Å². The molecule has 1 heterocycles. The van der Waals surface area contributed by atoms with E-state index in [9.17, 15) is 8.42 Å². The molecular weight excluding hydrogens is 308 g/mol. The Morgan fingerprint density at radius 3 is 2.30 bits per heavy atom. The van der Waals surface area contributed by atoms with E-state index in [4.69, 9.17) is 0 Å². The Labute approximate surface area is 137 Å². The molecule has 4 nitrogen and oxygen atoms in total. The lowest BCUT2D eigenvalue weighted by Crippen LogP contribution is -2.32. The third-order valence-corrected chi connectivity index (χ3v) is 5.97. The molecule has 3 aromatic rings. The first-order valence-electron chi connectivity index (χ1n) is 7.59. The predicted octanol–water partition coefficient (Wildman–Crippen LogP) is 3.70. The van der Waals surface area contributed by atoms with Crippen LogP contribution < -0.4 is 4.31 Å². The number of sulfonamides is 1. The largest absolute Gasteiger partial charge is 0.330 e. The molecule has 0 amide bonds. The summed E-state index contributed by atoms with van der Waals surface area (Å²) in [5.41, 5.74) is 2.05. The van der Waals surface area contributed by atoms with Crippen LogP contribution in [0, 0.1) is 6.92 Å². The molecule has 0 aliphatic heterocycles. The van der Waals surface area contributed by atoms with Gasteiger partial charge in [0.1, 0.15) is 5.82 Å². The van der Waals surface area contributed by atoms with Crippen molar-refractivity contribution in [1.82, 2.24) is 4.57 Å². The second-order valence-corrected chi connectivity index (χ2v) is 7.47. The molecule has 0 aliphatic carbocycles. The van der Waals surface area contributed by atoms with Crippen molar-refractivity contribution in [1.29, 1.82) is 0 Å². The van der Waals surface area contributed by atoms with Gasteiger partial charge < -0.3 is 4.57 Å². The molecule has 0 N–H and O–H groups in total. The first-order chi connectivity index (χ1) is 10.9. The molecule has 0 unspecified atom stereocenters. The summed E-state index contributed by atoms with van der Waals surface area (Å²) in [6.07, 6.45) is 0. The quantitative estimate of drug-likeness (QED) is 0.733. The Kier molecular flexibility index (Phi) is 3.90. The van der Waals surface area contributed by atoms with Crippen LogP contribution in [0.1, 0.15) is 12.5 Å². The number of rotatable bonds is 4. The van der Waals surface area contributed by atoms with Gasteiger partial charge in [-0.3, -0.25) is 4.31 Å². The lowest BCUT2D eigenvalue weighted by atomic mass is 10.2. The van der Waals surface area contributed by atoms with Crippen LogP contribution in [0.2, 0.25) is 0 Å². The van der Waals surface area contributed by atoms with E-state index in [1.807, 2.05) is 67.9 Å². The second-order valence-electron chi connectivity index (χ2n) is 5.60. The van der Waals surface area contributed by atoms with Gasteiger partial charge in [0, 0.05) is 24.5 Å². The summed E-state index contributed by atoms with van der Waals surface area (Å²) in [5, 5.41) is 1.03. The molecule has 5 heteroatoms. The normalized spacial score (nSPS) is 11.8. The van der Waals surface area contributed by atoms with Gasteiger partial charge >= 0.3 is 0 Å². The summed E-state index contributed by atoms with van der Waals surface area (Å²) in [4.78, 5) is 0.315. The van der Waals surface area contributed by atoms with E-state index < -0.39 is 10.0 Å². The number of hydrogen-bond donors (Lipinski definition) is 0. The van der Waals surface area contributed by atoms with E-state index in [2.05, 4.69) is 0 Å². The van der Waals surface area contributed by atoms with Crippen molar-refractivity contribution in [2.24, 2.45) is 7.05 Å². The van der Waals surface area contributed by atoms with Crippen molar-refractivity contribution in [2.75, 3.05) is 10.8 Å². The molecule has 3 rings (SSSR count). The van der Waals surface area contributed by atoms with Crippen LogP contribution in [-0.2, 0) is 17.1 Å². The number of aromatic nitrogens is 1. The number of aryl methyl sites for hydroxylation is 2. The Hall–Kier alpha value is -2.27. The fraction of sp³-hybridized carbons (Fsp3) is 0.222. The molecule has 120 valence electrons. The molecule has 0 fully saturated rings. The molecule has 23 heavy (non-hydrogen) atoms. The average Bonchev–Trinajstić information content (AvgIpc) is 2.86. The minimum absolute atomic E-state index is 0.315. The van der Waals surface area contributed by atoms with Crippen molar-refractivity contribution in [3.05, 3.63) is 60.2 Å². The van der Waals surface area contributed by atoms with Crippen LogP contribution >= 0.6 is 0 Å². The van der Waals surface area contributed by atoms with E-state index in [-0.39, 0.29) is 0 Å². The van der Waals surface area contributed by atoms with Gasteiger partial charge in [-0.1, -0.05) is 35.9 Å². The monoisotopic (exact) mass is 328 g/mol. The predicted molar refractivity (Wildman–Crippen MR) is 94.3 cm³/mol. The van der Waals surface area contributed by atoms with Crippen molar-refractivity contribution >= 4 is 26.7 Å². The average molecular weight is 328 g/mol. The first-order valence-corrected chi connectivity index (χ1v) is 9.03. The fourth-order valence-corrected chi connectivity index (χ4v) is 4.30. The molecule has 0 saturated heterocycles. The van der Waals surface area contributed by atoms with Gasteiger partial charge in [0.05, 0.1) is 4.90 Å². The van der Waals surface area contributed by atoms with Crippen LogP contribution in [-0.4, -0.2) is 19.5 Å². The molecule has 2 aromatic carbocycles. The topological polar surface area (TPSA) is 42.3 Å². The van der Waals surface area contributed by atoms with Gasteiger partial charge in [0.25, 0.3) is 10.0 Å². The number of benzene rings is 2. The van der Waals surface area contributed by atoms with Crippen LogP contribution in [0.5, 0.6) is 0 Å². The maximum absolute atomic E-state index is 13.0. The van der Waals surface area contributed by atoms with Crippen LogP contribution in [0.25, 0.3) is 10.9 Å². The maximum atomic E-state index is 13.0. The summed E-state index contributed by atoms with van der Waals surface area (Å²) in [6.45, 7) is 4.17. The van der Waals surface area contributed by atoms with E-state index in [0.717, 1.165) is 16.5 Å². The Morgan fingerprint density at radius 1 is 1.04 bits per heavy atom. The zero-order chi connectivity index (χ0) is 16.6. The molecule has 0 atom stereocenters. The fourth-order valence-electron chi connectivity index (χ4n) is 2.81. The molecular formula is C18H20N2O2S. The van der Waals surface area contributed by atoms with E-state index in [1.165, 1.54) is 4.31 Å². The highest BCUT2D eigenvalue weighted by Crippen LogP contribution is 2.29. The minimum Gasteiger partial charge on any atom is -0.330 e. The zero-order valence-corrected chi connectivity index (χ0v) is 14.3. The highest BCUT2D eigenvalue weighted by atomic mass is 32.2. The van der Waals surface area contributed by atoms with Crippen molar-refractivity contribution in [2.45, 2.75) is 18.7 Å². The van der Waals surface area contributed by atoms with Gasteiger partial charge in [0.2, 0.25) is 0 Å². The standard InChI is InChI=1S/C18H20N2O2S/c1-4-20(23(21,22)16-11-9-14(2)10-12-16)18-13-15-7-5-6-8-17(15)19(18)3/h5-13H,4H2,1-3H3. The summed E-state index contributed by atoms with van der Waals surface area (Å²) in [5.74, 6) is 0.675. The molecule has 0 saturated carbocycles.